The Morgan fingerprint density at radius 2 is 2.27 bits per heavy atom. The maximum absolute atomic E-state index is 11.7. The van der Waals surface area contributed by atoms with Crippen LogP contribution in [0.3, 0.4) is 0 Å². The monoisotopic (exact) mass is 278 g/mol. The number of rotatable bonds is 4. The van der Waals surface area contributed by atoms with Gasteiger partial charge in [0, 0.05) is 30.9 Å². The van der Waals surface area contributed by atoms with Crippen molar-refractivity contribution in [1.29, 1.82) is 0 Å². The Morgan fingerprint density at radius 3 is 2.80 bits per heavy atom. The van der Waals surface area contributed by atoms with Crippen molar-refractivity contribution in [3.05, 3.63) is 0 Å². The number of hydrogen-bond acceptors (Lipinski definition) is 3. The number of halogens is 1. The van der Waals surface area contributed by atoms with Gasteiger partial charge in [-0.05, 0) is 20.5 Å². The van der Waals surface area contributed by atoms with Crippen LogP contribution in [0.4, 0.5) is 0 Å². The number of carbonyl (C=O) groups is 1. The molecule has 0 aromatic rings. The topological polar surface area (TPSA) is 43.8 Å². The number of aliphatic hydroxyl groups is 1. The first-order valence-corrected chi connectivity index (χ1v) is 6.35. The van der Waals surface area contributed by atoms with Gasteiger partial charge in [0.25, 0.3) is 0 Å². The zero-order valence-electron chi connectivity index (χ0n) is 9.32. The summed E-state index contributed by atoms with van der Waals surface area (Å²) in [6.07, 6.45) is 0.859. The number of likely N-dealkylation sites (N-methyl/N-ethyl adjacent to an activating group) is 1. The molecule has 1 aliphatic heterocycles. The van der Waals surface area contributed by atoms with Crippen LogP contribution < -0.4 is 0 Å². The van der Waals surface area contributed by atoms with E-state index in [4.69, 9.17) is 0 Å². The van der Waals surface area contributed by atoms with Gasteiger partial charge < -0.3 is 14.9 Å². The number of amides is 1. The minimum Gasteiger partial charge on any atom is -0.391 e. The molecule has 0 saturated carbocycles. The molecule has 1 amide bonds. The van der Waals surface area contributed by atoms with Gasteiger partial charge in [-0.2, -0.15) is 0 Å². The molecule has 0 spiro atoms. The standard InChI is InChI=1S/C10H19BrN2O2/c1-12(2)6-8-5-9(14)7-13(8)10(15)3-4-11/h8-9,14H,3-7H2,1-2H3. The lowest BCUT2D eigenvalue weighted by Crippen LogP contribution is -2.41. The third-order valence-corrected chi connectivity index (χ3v) is 2.99. The first-order chi connectivity index (χ1) is 7.04. The van der Waals surface area contributed by atoms with Gasteiger partial charge in [-0.3, -0.25) is 4.79 Å². The van der Waals surface area contributed by atoms with Crippen LogP contribution in [0.5, 0.6) is 0 Å². The average molecular weight is 279 g/mol. The Hall–Kier alpha value is -0.130. The van der Waals surface area contributed by atoms with Crippen LogP contribution in [0.1, 0.15) is 12.8 Å². The van der Waals surface area contributed by atoms with Crippen LogP contribution in [0.25, 0.3) is 0 Å². The molecule has 1 saturated heterocycles. The summed E-state index contributed by atoms with van der Waals surface area (Å²) in [6, 6.07) is 0.168. The van der Waals surface area contributed by atoms with E-state index in [1.54, 1.807) is 0 Å². The van der Waals surface area contributed by atoms with Crippen molar-refractivity contribution in [3.8, 4) is 0 Å². The van der Waals surface area contributed by atoms with Crippen LogP contribution >= 0.6 is 15.9 Å². The van der Waals surface area contributed by atoms with Crippen molar-refractivity contribution in [1.82, 2.24) is 9.80 Å². The summed E-state index contributed by atoms with van der Waals surface area (Å²) in [6.45, 7) is 1.31. The van der Waals surface area contributed by atoms with E-state index in [-0.39, 0.29) is 18.1 Å². The molecule has 4 nitrogen and oxygen atoms in total. The van der Waals surface area contributed by atoms with Crippen LogP contribution in [0.2, 0.25) is 0 Å². The summed E-state index contributed by atoms with van der Waals surface area (Å²) in [5.41, 5.74) is 0. The molecule has 2 unspecified atom stereocenters. The summed E-state index contributed by atoms with van der Waals surface area (Å²) in [7, 11) is 3.97. The molecule has 0 aliphatic carbocycles. The number of nitrogens with zero attached hydrogens (tertiary/aromatic N) is 2. The third-order valence-electron chi connectivity index (χ3n) is 2.60. The Bertz CT molecular complexity index is 223. The zero-order valence-corrected chi connectivity index (χ0v) is 10.9. The summed E-state index contributed by atoms with van der Waals surface area (Å²) in [5.74, 6) is 0.135. The van der Waals surface area contributed by atoms with E-state index in [2.05, 4.69) is 20.8 Å². The quantitative estimate of drug-likeness (QED) is 0.753. The first kappa shape index (κ1) is 12.9. The highest BCUT2D eigenvalue weighted by Gasteiger charge is 2.33. The van der Waals surface area contributed by atoms with Gasteiger partial charge >= 0.3 is 0 Å². The van der Waals surface area contributed by atoms with E-state index in [1.165, 1.54) is 0 Å². The molecule has 0 aromatic heterocycles. The minimum absolute atomic E-state index is 0.135. The normalized spacial score (nSPS) is 26.3. The van der Waals surface area contributed by atoms with E-state index < -0.39 is 0 Å². The predicted octanol–water partition coefficient (Wildman–Crippen LogP) is 0.295. The molecule has 0 aromatic carbocycles. The molecule has 0 bridgehead atoms. The summed E-state index contributed by atoms with van der Waals surface area (Å²) < 4.78 is 0. The highest BCUT2D eigenvalue weighted by molar-refractivity contribution is 9.09. The lowest BCUT2D eigenvalue weighted by Gasteiger charge is -2.26. The summed E-state index contributed by atoms with van der Waals surface area (Å²) in [4.78, 5) is 15.6. The molecule has 1 heterocycles. The molecular weight excluding hydrogens is 260 g/mol. The number of alkyl halides is 1. The Labute approximate surface area is 99.4 Å². The van der Waals surface area contributed by atoms with E-state index in [9.17, 15) is 9.90 Å². The van der Waals surface area contributed by atoms with Crippen molar-refractivity contribution in [2.24, 2.45) is 0 Å². The van der Waals surface area contributed by atoms with Gasteiger partial charge in [-0.25, -0.2) is 0 Å². The average Bonchev–Trinajstić information content (AvgIpc) is 2.46. The largest absolute Gasteiger partial charge is 0.391 e. The predicted molar refractivity (Wildman–Crippen MR) is 63.1 cm³/mol. The fraction of sp³-hybridized carbons (Fsp3) is 0.900. The second-order valence-electron chi connectivity index (χ2n) is 4.29. The van der Waals surface area contributed by atoms with Gasteiger partial charge in [0.05, 0.1) is 6.10 Å². The van der Waals surface area contributed by atoms with Crippen LogP contribution in [0, 0.1) is 0 Å². The maximum atomic E-state index is 11.7. The number of β-amino-alcohol motifs (C(OH)–C–C–N with tert-alkyl or cyclic N) is 1. The van der Waals surface area contributed by atoms with Crippen LogP contribution in [-0.4, -0.2) is 65.5 Å². The van der Waals surface area contributed by atoms with Crippen molar-refractivity contribution in [3.63, 3.8) is 0 Å². The van der Waals surface area contributed by atoms with E-state index in [0.29, 0.717) is 24.7 Å². The summed E-state index contributed by atoms with van der Waals surface area (Å²) >= 11 is 3.26. The number of aliphatic hydroxyl groups excluding tert-OH is 1. The SMILES string of the molecule is CN(C)CC1CC(O)CN1C(=O)CCBr. The minimum atomic E-state index is -0.353. The van der Waals surface area contributed by atoms with E-state index in [0.717, 1.165) is 6.54 Å². The molecule has 1 aliphatic rings. The molecule has 1 fully saturated rings. The Kier molecular flexibility index (Phi) is 5.02. The van der Waals surface area contributed by atoms with Crippen molar-refractivity contribution in [2.75, 3.05) is 32.5 Å². The van der Waals surface area contributed by atoms with E-state index in [1.807, 2.05) is 19.0 Å². The summed E-state index contributed by atoms with van der Waals surface area (Å²) in [5, 5.41) is 10.3. The van der Waals surface area contributed by atoms with Gasteiger partial charge in [0.1, 0.15) is 0 Å². The molecule has 1 rings (SSSR count). The fourth-order valence-electron chi connectivity index (χ4n) is 2.02. The van der Waals surface area contributed by atoms with E-state index >= 15 is 0 Å². The number of hydrogen-bond donors (Lipinski definition) is 1. The number of likely N-dealkylation sites (tertiary alicyclic amines) is 1. The Morgan fingerprint density at radius 1 is 1.60 bits per heavy atom. The Balaban J connectivity index is 2.56. The maximum Gasteiger partial charge on any atom is 0.223 e. The lowest BCUT2D eigenvalue weighted by molar-refractivity contribution is -0.132. The highest BCUT2D eigenvalue weighted by Crippen LogP contribution is 2.19. The van der Waals surface area contributed by atoms with Gasteiger partial charge in [-0.15, -0.1) is 0 Å². The number of carbonyl (C=O) groups excluding carboxylic acids is 1. The smallest absolute Gasteiger partial charge is 0.223 e. The molecule has 2 atom stereocenters. The second kappa shape index (κ2) is 5.82. The molecular formula is C10H19BrN2O2. The molecule has 88 valence electrons. The van der Waals surface area contributed by atoms with Crippen molar-refractivity contribution >= 4 is 21.8 Å². The highest BCUT2D eigenvalue weighted by atomic mass is 79.9. The van der Waals surface area contributed by atoms with Gasteiger partial charge in [-0.1, -0.05) is 15.9 Å². The molecule has 15 heavy (non-hydrogen) atoms. The molecule has 0 radical (unpaired) electrons. The van der Waals surface area contributed by atoms with Gasteiger partial charge in [0.2, 0.25) is 5.91 Å². The van der Waals surface area contributed by atoms with Crippen LogP contribution in [-0.2, 0) is 4.79 Å². The first-order valence-electron chi connectivity index (χ1n) is 5.22. The zero-order chi connectivity index (χ0) is 11.4. The lowest BCUT2D eigenvalue weighted by atomic mass is 10.2. The van der Waals surface area contributed by atoms with Crippen molar-refractivity contribution in [2.45, 2.75) is 25.0 Å². The van der Waals surface area contributed by atoms with Gasteiger partial charge in [0.15, 0.2) is 0 Å². The second-order valence-corrected chi connectivity index (χ2v) is 5.08. The third kappa shape index (κ3) is 3.74. The fourth-order valence-corrected chi connectivity index (χ4v) is 2.36. The van der Waals surface area contributed by atoms with Crippen molar-refractivity contribution < 1.29 is 9.90 Å². The molecule has 1 N–H and O–H groups in total. The van der Waals surface area contributed by atoms with Crippen LogP contribution in [0.15, 0.2) is 0 Å². The molecule has 5 heteroatoms.